The largest absolute Gasteiger partial charge is 0.494 e. The van der Waals surface area contributed by atoms with Crippen LogP contribution in [0, 0.1) is 12.8 Å². The van der Waals surface area contributed by atoms with Crippen LogP contribution in [0.25, 0.3) is 0 Å². The van der Waals surface area contributed by atoms with E-state index in [1.54, 1.807) is 0 Å². The van der Waals surface area contributed by atoms with Crippen molar-refractivity contribution in [2.75, 3.05) is 44.5 Å². The van der Waals surface area contributed by atoms with Crippen molar-refractivity contribution < 1.29 is 9.30 Å². The number of fused-ring (bicyclic) bond motifs is 1. The molecule has 0 unspecified atom stereocenters. The second kappa shape index (κ2) is 10.6. The van der Waals surface area contributed by atoms with Gasteiger partial charge in [-0.1, -0.05) is 6.07 Å². The molecule has 0 bridgehead atoms. The number of ether oxygens (including phenoxy) is 1. The predicted molar refractivity (Wildman–Crippen MR) is 136 cm³/mol. The third-order valence-corrected chi connectivity index (χ3v) is 9.18. The van der Waals surface area contributed by atoms with Crippen LogP contribution in [0.5, 0.6) is 5.75 Å². The summed E-state index contributed by atoms with van der Waals surface area (Å²) in [5.41, 5.74) is 5.04. The molecule has 0 aliphatic carbocycles. The standard InChI is InChI=1S/C25H36N3O2PS/c1-20-6-8-24(18-26-20)27-13-10-21(11-14-27)5-4-16-30-25-9-7-23-19-28(32-31(2,3)29)15-12-22(23)17-25/h6-9,17-18,21H,4-5,10-16,19H2,1-3H3. The van der Waals surface area contributed by atoms with E-state index >= 15 is 0 Å². The maximum Gasteiger partial charge on any atom is 0.147 e. The zero-order valence-corrected chi connectivity index (χ0v) is 21.3. The summed E-state index contributed by atoms with van der Waals surface area (Å²) in [4.78, 5) is 6.90. The average Bonchev–Trinajstić information content (AvgIpc) is 2.77. The van der Waals surface area contributed by atoms with Gasteiger partial charge in [-0.25, -0.2) is 4.31 Å². The van der Waals surface area contributed by atoms with Gasteiger partial charge in [0.1, 0.15) is 12.1 Å². The molecule has 1 fully saturated rings. The van der Waals surface area contributed by atoms with Crippen LogP contribution in [0.2, 0.25) is 0 Å². The Bertz CT molecular complexity index is 939. The van der Waals surface area contributed by atoms with Crippen molar-refractivity contribution in [1.29, 1.82) is 0 Å². The Morgan fingerprint density at radius 1 is 1.12 bits per heavy atom. The first-order valence-corrected chi connectivity index (χ1v) is 15.8. The molecule has 0 radical (unpaired) electrons. The molecule has 0 atom stereocenters. The van der Waals surface area contributed by atoms with Crippen LogP contribution in [0.4, 0.5) is 5.69 Å². The minimum atomic E-state index is -2.09. The predicted octanol–water partition coefficient (Wildman–Crippen LogP) is 6.01. The molecule has 7 heteroatoms. The van der Waals surface area contributed by atoms with E-state index in [1.807, 2.05) is 26.5 Å². The lowest BCUT2D eigenvalue weighted by atomic mass is 9.92. The molecular weight excluding hydrogens is 437 g/mol. The van der Waals surface area contributed by atoms with Crippen LogP contribution < -0.4 is 9.64 Å². The number of benzene rings is 1. The number of aryl methyl sites for hydroxylation is 1. The fourth-order valence-electron chi connectivity index (χ4n) is 4.63. The molecule has 4 rings (SSSR count). The van der Waals surface area contributed by atoms with Crippen LogP contribution >= 0.6 is 17.9 Å². The number of aromatic nitrogens is 1. The molecule has 1 aromatic heterocycles. The van der Waals surface area contributed by atoms with Gasteiger partial charge in [-0.05, 0) is 105 Å². The van der Waals surface area contributed by atoms with E-state index in [0.29, 0.717) is 0 Å². The van der Waals surface area contributed by atoms with Gasteiger partial charge in [0.2, 0.25) is 0 Å². The molecule has 174 valence electrons. The fourth-order valence-corrected chi connectivity index (χ4v) is 7.64. The first-order chi connectivity index (χ1) is 15.4. The Labute approximate surface area is 197 Å². The number of rotatable bonds is 8. The Morgan fingerprint density at radius 3 is 2.66 bits per heavy atom. The lowest BCUT2D eigenvalue weighted by Crippen LogP contribution is -2.33. The smallest absolute Gasteiger partial charge is 0.147 e. The minimum absolute atomic E-state index is 0.789. The van der Waals surface area contributed by atoms with Gasteiger partial charge in [0.15, 0.2) is 0 Å². The van der Waals surface area contributed by atoms with Gasteiger partial charge < -0.3 is 14.2 Å². The summed E-state index contributed by atoms with van der Waals surface area (Å²) in [6.45, 7) is 10.6. The van der Waals surface area contributed by atoms with Crippen LogP contribution in [-0.2, 0) is 17.5 Å². The fraction of sp³-hybridized carbons (Fsp3) is 0.560. The van der Waals surface area contributed by atoms with Crippen LogP contribution in [0.15, 0.2) is 36.5 Å². The first kappa shape index (κ1) is 23.7. The van der Waals surface area contributed by atoms with E-state index in [2.05, 4.69) is 44.5 Å². The molecule has 32 heavy (non-hydrogen) atoms. The number of hydrogen-bond acceptors (Lipinski definition) is 6. The number of nitrogens with zero attached hydrogens (tertiary/aromatic N) is 3. The monoisotopic (exact) mass is 473 g/mol. The van der Waals surface area contributed by atoms with Crippen molar-refractivity contribution in [3.05, 3.63) is 53.3 Å². The SMILES string of the molecule is Cc1ccc(N2CCC(CCCOc3ccc4c(c3)CCN(SP(C)(C)=O)C4)CC2)cn1. The van der Waals surface area contributed by atoms with Gasteiger partial charge in [0.05, 0.1) is 18.5 Å². The highest BCUT2D eigenvalue weighted by molar-refractivity contribution is 8.56. The van der Waals surface area contributed by atoms with E-state index < -0.39 is 6.34 Å². The van der Waals surface area contributed by atoms with Gasteiger partial charge in [-0.3, -0.25) is 4.98 Å². The van der Waals surface area contributed by atoms with Crippen LogP contribution in [-0.4, -0.2) is 48.9 Å². The molecule has 1 aromatic carbocycles. The van der Waals surface area contributed by atoms with Gasteiger partial charge in [0.25, 0.3) is 0 Å². The van der Waals surface area contributed by atoms with E-state index in [9.17, 15) is 4.57 Å². The topological polar surface area (TPSA) is 45.7 Å². The summed E-state index contributed by atoms with van der Waals surface area (Å²) < 4.78 is 20.4. The summed E-state index contributed by atoms with van der Waals surface area (Å²) in [6, 6.07) is 10.8. The van der Waals surface area contributed by atoms with Gasteiger partial charge in [-0.2, -0.15) is 0 Å². The molecule has 1 saturated heterocycles. The highest BCUT2D eigenvalue weighted by atomic mass is 32.7. The third-order valence-electron chi connectivity index (χ3n) is 6.37. The second-order valence-electron chi connectivity index (χ2n) is 9.46. The number of hydrogen-bond donors (Lipinski definition) is 0. The Hall–Kier alpha value is -1.49. The lowest BCUT2D eigenvalue weighted by molar-refractivity contribution is 0.279. The second-order valence-corrected chi connectivity index (χ2v) is 15.8. The molecule has 2 aliphatic rings. The van der Waals surface area contributed by atoms with Gasteiger partial charge in [0, 0.05) is 31.9 Å². The molecule has 0 N–H and O–H groups in total. The number of pyridine rings is 1. The molecule has 3 heterocycles. The van der Waals surface area contributed by atoms with Crippen molar-refractivity contribution in [3.63, 3.8) is 0 Å². The maximum absolute atomic E-state index is 12.1. The normalized spacial score (nSPS) is 17.9. The van der Waals surface area contributed by atoms with Crippen LogP contribution in [0.1, 0.15) is 42.5 Å². The zero-order chi connectivity index (χ0) is 22.6. The van der Waals surface area contributed by atoms with Crippen molar-refractivity contribution in [2.45, 2.75) is 45.6 Å². The quantitative estimate of drug-likeness (QED) is 0.266. The molecule has 0 saturated carbocycles. The molecule has 2 aliphatic heterocycles. The van der Waals surface area contributed by atoms with Crippen molar-refractivity contribution in [3.8, 4) is 5.75 Å². The minimum Gasteiger partial charge on any atom is -0.494 e. The highest BCUT2D eigenvalue weighted by Gasteiger charge is 2.22. The number of anilines is 1. The molecular formula is C25H36N3O2PS. The zero-order valence-electron chi connectivity index (χ0n) is 19.6. The molecule has 0 spiro atoms. The van der Waals surface area contributed by atoms with Crippen LogP contribution in [0.3, 0.4) is 0 Å². The van der Waals surface area contributed by atoms with E-state index in [4.69, 9.17) is 4.74 Å². The highest BCUT2D eigenvalue weighted by Crippen LogP contribution is 2.54. The van der Waals surface area contributed by atoms with Crippen molar-refractivity contribution in [2.24, 2.45) is 5.92 Å². The summed E-state index contributed by atoms with van der Waals surface area (Å²) in [5, 5.41) is 0. The first-order valence-electron chi connectivity index (χ1n) is 11.8. The van der Waals surface area contributed by atoms with Crippen molar-refractivity contribution in [1.82, 2.24) is 9.29 Å². The average molecular weight is 474 g/mol. The Morgan fingerprint density at radius 2 is 1.94 bits per heavy atom. The lowest BCUT2D eigenvalue weighted by Gasteiger charge is -2.33. The molecule has 2 aromatic rings. The summed E-state index contributed by atoms with van der Waals surface area (Å²) in [7, 11) is 0. The van der Waals surface area contributed by atoms with E-state index in [1.165, 1.54) is 47.6 Å². The third kappa shape index (κ3) is 6.76. The van der Waals surface area contributed by atoms with Gasteiger partial charge >= 0.3 is 0 Å². The Balaban J connectivity index is 1.17. The number of piperidine rings is 1. The van der Waals surface area contributed by atoms with E-state index in [0.717, 1.165) is 63.0 Å². The van der Waals surface area contributed by atoms with E-state index in [-0.39, 0.29) is 0 Å². The maximum atomic E-state index is 12.1. The summed E-state index contributed by atoms with van der Waals surface area (Å²) >= 11 is 1.53. The van der Waals surface area contributed by atoms with Crippen molar-refractivity contribution >= 4 is 23.6 Å². The van der Waals surface area contributed by atoms with Gasteiger partial charge in [-0.15, -0.1) is 0 Å². The summed E-state index contributed by atoms with van der Waals surface area (Å²) in [5.74, 6) is 1.79. The Kier molecular flexibility index (Phi) is 7.86. The molecule has 5 nitrogen and oxygen atoms in total. The summed E-state index contributed by atoms with van der Waals surface area (Å²) in [6.07, 6.45) is 5.76. The molecule has 0 amide bonds.